The summed E-state index contributed by atoms with van der Waals surface area (Å²) < 4.78 is 7.35. The van der Waals surface area contributed by atoms with E-state index in [1.54, 1.807) is 35.1 Å². The number of thiophene rings is 1. The van der Waals surface area contributed by atoms with E-state index < -0.39 is 0 Å². The van der Waals surface area contributed by atoms with E-state index in [4.69, 9.17) is 4.74 Å². The van der Waals surface area contributed by atoms with Crippen LogP contribution in [0.3, 0.4) is 0 Å². The van der Waals surface area contributed by atoms with Crippen molar-refractivity contribution in [2.45, 2.75) is 24.1 Å². The van der Waals surface area contributed by atoms with Gasteiger partial charge < -0.3 is 15.0 Å². The molecule has 0 atom stereocenters. The Kier molecular flexibility index (Phi) is 6.26. The van der Waals surface area contributed by atoms with E-state index in [-0.39, 0.29) is 18.4 Å². The summed E-state index contributed by atoms with van der Waals surface area (Å²) in [6, 6.07) is 7.67. The highest BCUT2D eigenvalue weighted by Crippen LogP contribution is 2.42. The molecule has 2 heterocycles. The van der Waals surface area contributed by atoms with Crippen LogP contribution in [0.25, 0.3) is 0 Å². The molecule has 1 aliphatic rings. The first-order chi connectivity index (χ1) is 12.5. The maximum atomic E-state index is 12.4. The smallest absolute Gasteiger partial charge is 0.240 e. The first-order valence-corrected chi connectivity index (χ1v) is 10.8. The highest BCUT2D eigenvalue weighted by molar-refractivity contribution is 9.10. The maximum absolute atomic E-state index is 12.4. The Balaban J connectivity index is 1.68. The number of nitrogens with one attached hydrogen (secondary N) is 1. The lowest BCUT2D eigenvalue weighted by Gasteiger charge is -2.26. The number of carbonyl (C=O) groups excluding carboxylic acids is 2. The Morgan fingerprint density at radius 3 is 2.92 bits per heavy atom. The Morgan fingerprint density at radius 2 is 2.19 bits per heavy atom. The molecular formula is C18H19BrN2O3S2. The minimum absolute atomic E-state index is 0.0295. The van der Waals surface area contributed by atoms with Crippen molar-refractivity contribution in [1.29, 1.82) is 0 Å². The van der Waals surface area contributed by atoms with Crippen molar-refractivity contribution in [3.8, 4) is 5.75 Å². The summed E-state index contributed by atoms with van der Waals surface area (Å²) in [6.45, 7) is 2.46. The second-order valence-electron chi connectivity index (χ2n) is 5.74. The molecule has 138 valence electrons. The molecule has 0 spiro atoms. The second-order valence-corrected chi connectivity index (χ2v) is 9.04. The van der Waals surface area contributed by atoms with Gasteiger partial charge in [-0.3, -0.25) is 9.59 Å². The first kappa shape index (κ1) is 19.3. The number of carbonyl (C=O) groups is 2. The van der Waals surface area contributed by atoms with Crippen LogP contribution in [0.5, 0.6) is 5.75 Å². The zero-order valence-electron chi connectivity index (χ0n) is 14.5. The third-order valence-electron chi connectivity index (χ3n) is 4.02. The highest BCUT2D eigenvalue weighted by atomic mass is 79.9. The number of hydrogen-bond donors (Lipinski definition) is 1. The molecule has 2 amide bonds. The number of anilines is 1. The highest BCUT2D eigenvalue weighted by Gasteiger charge is 2.28. The predicted molar refractivity (Wildman–Crippen MR) is 109 cm³/mol. The minimum atomic E-state index is -0.192. The largest absolute Gasteiger partial charge is 0.496 e. The zero-order chi connectivity index (χ0) is 18.7. The lowest BCUT2D eigenvalue weighted by Crippen LogP contribution is -2.42. The zero-order valence-corrected chi connectivity index (χ0v) is 17.7. The number of amides is 2. The van der Waals surface area contributed by atoms with Gasteiger partial charge in [-0.15, -0.1) is 23.1 Å². The van der Waals surface area contributed by atoms with Crippen LogP contribution >= 0.6 is 39.0 Å². The SMILES string of the molecule is CCc1cc2c(s1)SCC(=O)N2CC(=O)NCc1cc(Br)ccc1OC. The van der Waals surface area contributed by atoms with E-state index in [9.17, 15) is 9.59 Å². The third kappa shape index (κ3) is 4.24. The topological polar surface area (TPSA) is 58.6 Å². The van der Waals surface area contributed by atoms with E-state index in [1.807, 2.05) is 24.3 Å². The number of ether oxygens (including phenoxy) is 1. The van der Waals surface area contributed by atoms with Crippen LogP contribution in [-0.2, 0) is 22.6 Å². The van der Waals surface area contributed by atoms with Gasteiger partial charge >= 0.3 is 0 Å². The molecule has 0 bridgehead atoms. The van der Waals surface area contributed by atoms with Crippen LogP contribution in [0.1, 0.15) is 17.4 Å². The average Bonchev–Trinajstić information content (AvgIpc) is 3.06. The molecule has 0 saturated carbocycles. The van der Waals surface area contributed by atoms with Crippen molar-refractivity contribution in [1.82, 2.24) is 5.32 Å². The first-order valence-electron chi connectivity index (χ1n) is 8.16. The van der Waals surface area contributed by atoms with Crippen molar-refractivity contribution >= 4 is 56.5 Å². The molecule has 1 aromatic carbocycles. The van der Waals surface area contributed by atoms with Crippen LogP contribution in [0.15, 0.2) is 32.9 Å². The van der Waals surface area contributed by atoms with Crippen molar-refractivity contribution in [2.24, 2.45) is 0 Å². The maximum Gasteiger partial charge on any atom is 0.240 e. The lowest BCUT2D eigenvalue weighted by molar-refractivity contribution is -0.123. The number of nitrogens with zero attached hydrogens (tertiary/aromatic N) is 1. The molecule has 0 aliphatic carbocycles. The molecule has 5 nitrogen and oxygen atoms in total. The Bertz CT molecular complexity index is 838. The number of fused-ring (bicyclic) bond motifs is 1. The van der Waals surface area contributed by atoms with E-state index in [2.05, 4.69) is 28.2 Å². The van der Waals surface area contributed by atoms with E-state index in [1.165, 1.54) is 4.88 Å². The second kappa shape index (κ2) is 8.45. The molecule has 0 saturated heterocycles. The number of methoxy groups -OCH3 is 1. The Hall–Kier alpha value is -1.51. The van der Waals surface area contributed by atoms with Gasteiger partial charge in [0, 0.05) is 21.5 Å². The van der Waals surface area contributed by atoms with Gasteiger partial charge in [0.05, 0.1) is 22.8 Å². The summed E-state index contributed by atoms with van der Waals surface area (Å²) >= 11 is 6.68. The van der Waals surface area contributed by atoms with E-state index in [0.29, 0.717) is 18.0 Å². The van der Waals surface area contributed by atoms with Gasteiger partial charge in [-0.25, -0.2) is 0 Å². The number of benzene rings is 1. The van der Waals surface area contributed by atoms with Crippen LogP contribution in [0, 0.1) is 0 Å². The fraction of sp³-hybridized carbons (Fsp3) is 0.333. The van der Waals surface area contributed by atoms with Crippen molar-refractivity contribution in [3.63, 3.8) is 0 Å². The van der Waals surface area contributed by atoms with Gasteiger partial charge in [-0.1, -0.05) is 22.9 Å². The molecule has 1 aromatic heterocycles. The number of thioether (sulfide) groups is 1. The van der Waals surface area contributed by atoms with Gasteiger partial charge in [0.25, 0.3) is 0 Å². The van der Waals surface area contributed by atoms with Crippen molar-refractivity contribution in [2.75, 3.05) is 24.3 Å². The third-order valence-corrected chi connectivity index (χ3v) is 7.04. The van der Waals surface area contributed by atoms with Crippen LogP contribution in [0.4, 0.5) is 5.69 Å². The molecule has 0 unspecified atom stereocenters. The van der Waals surface area contributed by atoms with E-state index >= 15 is 0 Å². The molecule has 0 fully saturated rings. The van der Waals surface area contributed by atoms with E-state index in [0.717, 1.165) is 26.4 Å². The van der Waals surface area contributed by atoms with Gasteiger partial charge in [0.1, 0.15) is 12.3 Å². The molecule has 1 aliphatic heterocycles. The number of hydrogen-bond acceptors (Lipinski definition) is 5. The standard InChI is InChI=1S/C18H19BrN2O3S2/c1-3-13-7-14-18(26-13)25-10-17(23)21(14)9-16(22)20-8-11-6-12(19)4-5-15(11)24-2/h4-7H,3,8-10H2,1-2H3,(H,20,22). The van der Waals surface area contributed by atoms with Crippen LogP contribution in [0.2, 0.25) is 0 Å². The lowest BCUT2D eigenvalue weighted by atomic mass is 10.2. The summed E-state index contributed by atoms with van der Waals surface area (Å²) in [7, 11) is 1.60. The summed E-state index contributed by atoms with van der Waals surface area (Å²) in [5.41, 5.74) is 1.74. The van der Waals surface area contributed by atoms with Gasteiger partial charge in [-0.05, 0) is 30.7 Å². The monoisotopic (exact) mass is 454 g/mol. The minimum Gasteiger partial charge on any atom is -0.496 e. The predicted octanol–water partition coefficient (Wildman–Crippen LogP) is 3.84. The molecule has 1 N–H and O–H groups in total. The average molecular weight is 455 g/mol. The summed E-state index contributed by atoms with van der Waals surface area (Å²) in [5.74, 6) is 0.871. The molecule has 0 radical (unpaired) electrons. The fourth-order valence-electron chi connectivity index (χ4n) is 2.67. The van der Waals surface area contributed by atoms with Gasteiger partial charge in [-0.2, -0.15) is 0 Å². The normalized spacial score (nSPS) is 13.5. The van der Waals surface area contributed by atoms with Crippen LogP contribution in [-0.4, -0.2) is 31.2 Å². The van der Waals surface area contributed by atoms with Gasteiger partial charge in [0.15, 0.2) is 0 Å². The molecule has 26 heavy (non-hydrogen) atoms. The van der Waals surface area contributed by atoms with Crippen molar-refractivity contribution in [3.05, 3.63) is 39.2 Å². The van der Waals surface area contributed by atoms with Crippen LogP contribution < -0.4 is 15.0 Å². The Labute approximate surface area is 169 Å². The number of aryl methyl sites for hydroxylation is 1. The fourth-order valence-corrected chi connectivity index (χ4v) is 5.37. The summed E-state index contributed by atoms with van der Waals surface area (Å²) in [6.07, 6.45) is 0.926. The quantitative estimate of drug-likeness (QED) is 0.720. The number of rotatable bonds is 6. The Morgan fingerprint density at radius 1 is 1.38 bits per heavy atom. The summed E-state index contributed by atoms with van der Waals surface area (Å²) in [4.78, 5) is 27.6. The van der Waals surface area contributed by atoms with Crippen molar-refractivity contribution < 1.29 is 14.3 Å². The number of halogens is 1. The molecular weight excluding hydrogens is 436 g/mol. The summed E-state index contributed by atoms with van der Waals surface area (Å²) in [5, 5.41) is 2.88. The molecule has 8 heteroatoms. The molecule has 3 rings (SSSR count). The molecule has 2 aromatic rings. The van der Waals surface area contributed by atoms with Gasteiger partial charge in [0.2, 0.25) is 11.8 Å².